The Hall–Kier alpha value is -2.29. The van der Waals surface area contributed by atoms with Crippen LogP contribution in [0.25, 0.3) is 0 Å². The quantitative estimate of drug-likeness (QED) is 0.783. The van der Waals surface area contributed by atoms with E-state index in [0.717, 1.165) is 29.9 Å². The number of hydrogen-bond donors (Lipinski definition) is 0. The number of carbonyl (C=O) groups is 1. The van der Waals surface area contributed by atoms with E-state index in [1.807, 2.05) is 43.3 Å². The normalized spacial score (nSPS) is 13.8. The van der Waals surface area contributed by atoms with Gasteiger partial charge in [-0.3, -0.25) is 4.79 Å². The number of ether oxygens (including phenoxy) is 2. The van der Waals surface area contributed by atoms with Gasteiger partial charge in [-0.25, -0.2) is 0 Å². The van der Waals surface area contributed by atoms with Gasteiger partial charge in [-0.2, -0.15) is 0 Å². The molecule has 2 aromatic rings. The smallest absolute Gasteiger partial charge is 0.193 e. The SMILES string of the molecule is COc1ccc(C(=O)c2cccc(OC3CC3)c2)cc1C. The standard InChI is InChI=1S/C18H18O3/c1-12-10-14(6-9-17(12)20-2)18(19)13-4-3-5-16(11-13)21-15-7-8-15/h3-6,9-11,15H,7-8H2,1-2H3. The van der Waals surface area contributed by atoms with Gasteiger partial charge >= 0.3 is 0 Å². The molecule has 0 saturated heterocycles. The first-order valence-corrected chi connectivity index (χ1v) is 7.13. The second-order valence-electron chi connectivity index (χ2n) is 5.36. The average molecular weight is 282 g/mol. The molecule has 1 saturated carbocycles. The highest BCUT2D eigenvalue weighted by molar-refractivity contribution is 6.09. The van der Waals surface area contributed by atoms with Crippen molar-refractivity contribution < 1.29 is 14.3 Å². The van der Waals surface area contributed by atoms with E-state index in [1.165, 1.54) is 0 Å². The molecule has 2 aromatic carbocycles. The number of carbonyl (C=O) groups excluding carboxylic acids is 1. The molecule has 3 nitrogen and oxygen atoms in total. The van der Waals surface area contributed by atoms with E-state index >= 15 is 0 Å². The van der Waals surface area contributed by atoms with Crippen molar-refractivity contribution in [2.45, 2.75) is 25.9 Å². The molecule has 0 amide bonds. The molecule has 108 valence electrons. The Kier molecular flexibility index (Phi) is 3.65. The Labute approximate surface area is 124 Å². The molecule has 0 unspecified atom stereocenters. The van der Waals surface area contributed by atoms with Crippen molar-refractivity contribution in [3.8, 4) is 11.5 Å². The van der Waals surface area contributed by atoms with Crippen LogP contribution in [0.3, 0.4) is 0 Å². The molecular formula is C18H18O3. The molecule has 0 aliphatic heterocycles. The lowest BCUT2D eigenvalue weighted by Crippen LogP contribution is -2.03. The minimum absolute atomic E-state index is 0.00185. The van der Waals surface area contributed by atoms with E-state index in [4.69, 9.17) is 9.47 Å². The molecule has 0 radical (unpaired) electrons. The number of rotatable bonds is 5. The molecule has 1 fully saturated rings. The van der Waals surface area contributed by atoms with Gasteiger partial charge in [0, 0.05) is 11.1 Å². The van der Waals surface area contributed by atoms with Crippen LogP contribution in [0.15, 0.2) is 42.5 Å². The highest BCUT2D eigenvalue weighted by atomic mass is 16.5. The molecule has 0 N–H and O–H groups in total. The van der Waals surface area contributed by atoms with Crippen LogP contribution in [0, 0.1) is 6.92 Å². The first-order valence-electron chi connectivity index (χ1n) is 7.13. The van der Waals surface area contributed by atoms with Crippen LogP contribution < -0.4 is 9.47 Å². The molecule has 21 heavy (non-hydrogen) atoms. The minimum atomic E-state index is 0.00185. The van der Waals surface area contributed by atoms with E-state index in [-0.39, 0.29) is 5.78 Å². The predicted octanol–water partition coefficient (Wildman–Crippen LogP) is 3.78. The van der Waals surface area contributed by atoms with E-state index in [2.05, 4.69) is 0 Å². The van der Waals surface area contributed by atoms with E-state index in [1.54, 1.807) is 13.2 Å². The maximum atomic E-state index is 12.6. The predicted molar refractivity (Wildman–Crippen MR) is 81.3 cm³/mol. The van der Waals surface area contributed by atoms with Crippen molar-refractivity contribution in [1.82, 2.24) is 0 Å². The Morgan fingerprint density at radius 2 is 1.86 bits per heavy atom. The fourth-order valence-electron chi connectivity index (χ4n) is 2.28. The van der Waals surface area contributed by atoms with Gasteiger partial charge in [0.05, 0.1) is 13.2 Å². The van der Waals surface area contributed by atoms with Crippen molar-refractivity contribution >= 4 is 5.78 Å². The van der Waals surface area contributed by atoms with Crippen LogP contribution in [-0.2, 0) is 0 Å². The first-order chi connectivity index (χ1) is 10.2. The van der Waals surface area contributed by atoms with Crippen molar-refractivity contribution in [2.24, 2.45) is 0 Å². The summed E-state index contributed by atoms with van der Waals surface area (Å²) in [7, 11) is 1.63. The molecule has 0 spiro atoms. The minimum Gasteiger partial charge on any atom is -0.496 e. The maximum absolute atomic E-state index is 12.6. The second kappa shape index (κ2) is 5.60. The number of benzene rings is 2. The van der Waals surface area contributed by atoms with Gasteiger partial charge in [0.2, 0.25) is 0 Å². The summed E-state index contributed by atoms with van der Waals surface area (Å²) < 4.78 is 11.0. The zero-order chi connectivity index (χ0) is 14.8. The summed E-state index contributed by atoms with van der Waals surface area (Å²) in [6, 6.07) is 12.9. The van der Waals surface area contributed by atoms with E-state index in [0.29, 0.717) is 17.2 Å². The van der Waals surface area contributed by atoms with Crippen molar-refractivity contribution in [3.05, 3.63) is 59.2 Å². The number of ketones is 1. The lowest BCUT2D eigenvalue weighted by Gasteiger charge is -2.08. The third kappa shape index (κ3) is 3.07. The summed E-state index contributed by atoms with van der Waals surface area (Å²) in [5, 5.41) is 0. The van der Waals surface area contributed by atoms with Gasteiger partial charge in [-0.1, -0.05) is 12.1 Å². The summed E-state index contributed by atoms with van der Waals surface area (Å²) in [6.07, 6.45) is 2.55. The second-order valence-corrected chi connectivity index (χ2v) is 5.36. The fourth-order valence-corrected chi connectivity index (χ4v) is 2.28. The molecule has 1 aliphatic carbocycles. The van der Waals surface area contributed by atoms with Gasteiger partial charge < -0.3 is 9.47 Å². The number of hydrogen-bond acceptors (Lipinski definition) is 3. The molecule has 0 bridgehead atoms. The van der Waals surface area contributed by atoms with Crippen LogP contribution in [0.4, 0.5) is 0 Å². The van der Waals surface area contributed by atoms with Crippen LogP contribution in [0.1, 0.15) is 34.3 Å². The molecular weight excluding hydrogens is 264 g/mol. The van der Waals surface area contributed by atoms with Crippen molar-refractivity contribution in [3.63, 3.8) is 0 Å². The van der Waals surface area contributed by atoms with Gasteiger partial charge in [0.1, 0.15) is 11.5 Å². The third-order valence-electron chi connectivity index (χ3n) is 3.58. The summed E-state index contributed by atoms with van der Waals surface area (Å²) in [6.45, 7) is 1.93. The molecule has 3 heteroatoms. The Morgan fingerprint density at radius 1 is 1.10 bits per heavy atom. The topological polar surface area (TPSA) is 35.5 Å². The lowest BCUT2D eigenvalue weighted by atomic mass is 10.0. The van der Waals surface area contributed by atoms with Crippen molar-refractivity contribution in [1.29, 1.82) is 0 Å². The van der Waals surface area contributed by atoms with Crippen molar-refractivity contribution in [2.75, 3.05) is 7.11 Å². The Morgan fingerprint density at radius 3 is 2.52 bits per heavy atom. The molecule has 3 rings (SSSR count). The van der Waals surface area contributed by atoms with E-state index < -0.39 is 0 Å². The zero-order valence-electron chi connectivity index (χ0n) is 12.3. The zero-order valence-corrected chi connectivity index (χ0v) is 12.3. The Balaban J connectivity index is 1.85. The van der Waals surface area contributed by atoms with E-state index in [9.17, 15) is 4.79 Å². The van der Waals surface area contributed by atoms with Crippen LogP contribution in [0.2, 0.25) is 0 Å². The number of methoxy groups -OCH3 is 1. The maximum Gasteiger partial charge on any atom is 0.193 e. The Bertz CT molecular complexity index is 672. The number of aryl methyl sites for hydroxylation is 1. The summed E-state index contributed by atoms with van der Waals surface area (Å²) >= 11 is 0. The third-order valence-corrected chi connectivity index (χ3v) is 3.58. The largest absolute Gasteiger partial charge is 0.496 e. The van der Waals surface area contributed by atoms with Crippen LogP contribution >= 0.6 is 0 Å². The average Bonchev–Trinajstić information content (AvgIpc) is 3.30. The van der Waals surface area contributed by atoms with Gasteiger partial charge in [-0.05, 0) is 55.7 Å². The fraction of sp³-hybridized carbons (Fsp3) is 0.278. The van der Waals surface area contributed by atoms with Gasteiger partial charge in [-0.15, -0.1) is 0 Å². The molecule has 0 aromatic heterocycles. The molecule has 0 heterocycles. The molecule has 0 atom stereocenters. The molecule has 1 aliphatic rings. The van der Waals surface area contributed by atoms with Gasteiger partial charge in [0.25, 0.3) is 0 Å². The van der Waals surface area contributed by atoms with Gasteiger partial charge in [0.15, 0.2) is 5.78 Å². The summed E-state index contributed by atoms with van der Waals surface area (Å²) in [5.41, 5.74) is 2.27. The summed E-state index contributed by atoms with van der Waals surface area (Å²) in [4.78, 5) is 12.6. The highest BCUT2D eigenvalue weighted by Crippen LogP contribution is 2.28. The first kappa shape index (κ1) is 13.7. The lowest BCUT2D eigenvalue weighted by molar-refractivity contribution is 0.103. The summed E-state index contributed by atoms with van der Waals surface area (Å²) in [5.74, 6) is 1.56. The van der Waals surface area contributed by atoms with Crippen LogP contribution in [0.5, 0.6) is 11.5 Å². The monoisotopic (exact) mass is 282 g/mol. The highest BCUT2D eigenvalue weighted by Gasteiger charge is 2.23. The van der Waals surface area contributed by atoms with Crippen LogP contribution in [-0.4, -0.2) is 19.0 Å².